The largest absolute Gasteiger partial charge is 0.357 e. The summed E-state index contributed by atoms with van der Waals surface area (Å²) >= 11 is 1.49. The highest BCUT2D eigenvalue weighted by atomic mass is 127. The molecule has 10 heteroatoms. The molecule has 8 nitrogen and oxygen atoms in total. The van der Waals surface area contributed by atoms with Gasteiger partial charge in [-0.05, 0) is 31.0 Å². The van der Waals surface area contributed by atoms with E-state index >= 15 is 0 Å². The topological polar surface area (TPSA) is 77.0 Å². The molecule has 1 amide bonds. The van der Waals surface area contributed by atoms with Crippen LogP contribution in [0, 0.1) is 0 Å². The van der Waals surface area contributed by atoms with Crippen molar-refractivity contribution >= 4 is 52.5 Å². The van der Waals surface area contributed by atoms with Crippen molar-refractivity contribution in [3.8, 4) is 0 Å². The van der Waals surface area contributed by atoms with Crippen molar-refractivity contribution in [1.82, 2.24) is 24.5 Å². The van der Waals surface area contributed by atoms with Crippen molar-refractivity contribution in [3.63, 3.8) is 0 Å². The lowest BCUT2D eigenvalue weighted by molar-refractivity contribution is 0.0827. The molecule has 3 rings (SSSR count). The monoisotopic (exact) mass is 571 g/mol. The molecule has 176 valence electrons. The highest BCUT2D eigenvalue weighted by molar-refractivity contribution is 14.0. The second-order valence-electron chi connectivity index (χ2n) is 7.71. The Hall–Kier alpha value is -1.95. The molecule has 0 saturated carbocycles. The number of hydrogen-bond donors (Lipinski definition) is 1. The van der Waals surface area contributed by atoms with E-state index in [0.717, 1.165) is 73.6 Å². The standard InChI is InChI=1S/C22H33N7OS.HI/c1-5-19-25-22(31-26-19)29-14-12-28(13-15-29)21(23-6-2)24-11-10-17-8-7-9-18(16-17)20(30)27(3)4;/h7-9,16H,5-6,10-15H2,1-4H3,(H,23,24);1H. The normalized spacial score (nSPS) is 14.2. The first-order valence-corrected chi connectivity index (χ1v) is 11.7. The highest BCUT2D eigenvalue weighted by Crippen LogP contribution is 2.19. The number of carbonyl (C=O) groups excluding carboxylic acids is 1. The lowest BCUT2D eigenvalue weighted by Gasteiger charge is -2.36. The van der Waals surface area contributed by atoms with Gasteiger partial charge in [-0.2, -0.15) is 4.37 Å². The Morgan fingerprint density at radius 3 is 2.59 bits per heavy atom. The quantitative estimate of drug-likeness (QED) is 0.313. The fourth-order valence-electron chi connectivity index (χ4n) is 3.46. The van der Waals surface area contributed by atoms with Crippen LogP contribution < -0.4 is 10.2 Å². The van der Waals surface area contributed by atoms with Crippen LogP contribution in [0.3, 0.4) is 0 Å². The van der Waals surface area contributed by atoms with Gasteiger partial charge >= 0.3 is 0 Å². The number of amides is 1. The number of piperazine rings is 1. The average Bonchev–Trinajstić information content (AvgIpc) is 3.28. The number of rotatable bonds is 7. The molecule has 0 unspecified atom stereocenters. The summed E-state index contributed by atoms with van der Waals surface area (Å²) in [6, 6.07) is 7.83. The van der Waals surface area contributed by atoms with E-state index in [1.807, 2.05) is 18.2 Å². The van der Waals surface area contributed by atoms with E-state index in [2.05, 4.69) is 44.4 Å². The molecule has 0 bridgehead atoms. The number of hydrogen-bond acceptors (Lipinski definition) is 6. The Morgan fingerprint density at radius 2 is 1.97 bits per heavy atom. The van der Waals surface area contributed by atoms with Crippen LogP contribution in [0.5, 0.6) is 0 Å². The van der Waals surface area contributed by atoms with E-state index in [0.29, 0.717) is 6.54 Å². The molecule has 0 aliphatic carbocycles. The van der Waals surface area contributed by atoms with Crippen molar-refractivity contribution in [2.24, 2.45) is 4.99 Å². The number of halogens is 1. The Kier molecular flexibility index (Phi) is 10.6. The Bertz CT molecular complexity index is 894. The van der Waals surface area contributed by atoms with Gasteiger partial charge in [0.25, 0.3) is 5.91 Å². The number of aryl methyl sites for hydroxylation is 1. The molecule has 0 atom stereocenters. The molecule has 1 saturated heterocycles. The molecule has 2 aromatic rings. The van der Waals surface area contributed by atoms with Crippen molar-refractivity contribution in [1.29, 1.82) is 0 Å². The zero-order valence-electron chi connectivity index (χ0n) is 19.4. The van der Waals surface area contributed by atoms with Gasteiger partial charge < -0.3 is 20.0 Å². The van der Waals surface area contributed by atoms with Crippen LogP contribution in [0.25, 0.3) is 0 Å². The summed E-state index contributed by atoms with van der Waals surface area (Å²) in [5.74, 6) is 1.90. The van der Waals surface area contributed by atoms with E-state index in [-0.39, 0.29) is 29.9 Å². The van der Waals surface area contributed by atoms with Gasteiger partial charge in [0.05, 0.1) is 0 Å². The first kappa shape index (κ1) is 26.3. The minimum atomic E-state index is 0. The van der Waals surface area contributed by atoms with E-state index < -0.39 is 0 Å². The maximum atomic E-state index is 12.2. The van der Waals surface area contributed by atoms with Gasteiger partial charge in [0.1, 0.15) is 5.82 Å². The van der Waals surface area contributed by atoms with Gasteiger partial charge in [0.15, 0.2) is 5.96 Å². The summed E-state index contributed by atoms with van der Waals surface area (Å²) < 4.78 is 4.40. The van der Waals surface area contributed by atoms with Crippen molar-refractivity contribution in [2.45, 2.75) is 26.7 Å². The third kappa shape index (κ3) is 7.03. The Morgan fingerprint density at radius 1 is 1.22 bits per heavy atom. The third-order valence-electron chi connectivity index (χ3n) is 5.20. The molecule has 1 aliphatic heterocycles. The van der Waals surface area contributed by atoms with Gasteiger partial charge in [-0.3, -0.25) is 9.79 Å². The first-order chi connectivity index (χ1) is 15.0. The SMILES string of the molecule is CCNC(=NCCc1cccc(C(=O)N(C)C)c1)N1CCN(c2nc(CC)ns2)CC1.I. The summed E-state index contributed by atoms with van der Waals surface area (Å²) in [5.41, 5.74) is 1.84. The van der Waals surface area contributed by atoms with E-state index in [1.54, 1.807) is 19.0 Å². The summed E-state index contributed by atoms with van der Waals surface area (Å²) in [4.78, 5) is 27.9. The number of nitrogens with one attached hydrogen (secondary N) is 1. The number of benzene rings is 1. The number of aromatic nitrogens is 2. The smallest absolute Gasteiger partial charge is 0.253 e. The zero-order valence-corrected chi connectivity index (χ0v) is 22.5. The predicted octanol–water partition coefficient (Wildman–Crippen LogP) is 2.75. The third-order valence-corrected chi connectivity index (χ3v) is 6.02. The molecular weight excluding hydrogens is 537 g/mol. The Balaban J connectivity index is 0.00000363. The van der Waals surface area contributed by atoms with Crippen LogP contribution in [0.2, 0.25) is 0 Å². The summed E-state index contributed by atoms with van der Waals surface area (Å²) in [5, 5.41) is 4.44. The van der Waals surface area contributed by atoms with Gasteiger partial charge in [0.2, 0.25) is 5.13 Å². The van der Waals surface area contributed by atoms with Crippen molar-refractivity contribution in [2.75, 3.05) is 58.3 Å². The molecule has 32 heavy (non-hydrogen) atoms. The summed E-state index contributed by atoms with van der Waals surface area (Å²) in [6.45, 7) is 9.32. The second kappa shape index (κ2) is 12.9. The van der Waals surface area contributed by atoms with E-state index in [9.17, 15) is 4.79 Å². The first-order valence-electron chi connectivity index (χ1n) is 10.9. The molecule has 1 aromatic heterocycles. The predicted molar refractivity (Wildman–Crippen MR) is 143 cm³/mol. The van der Waals surface area contributed by atoms with Crippen LogP contribution in [0.1, 0.15) is 35.6 Å². The number of nitrogens with zero attached hydrogens (tertiary/aromatic N) is 6. The molecule has 0 radical (unpaired) electrons. The minimum absolute atomic E-state index is 0. The van der Waals surface area contributed by atoms with Gasteiger partial charge in [-0.1, -0.05) is 19.1 Å². The molecule has 1 N–H and O–H groups in total. The van der Waals surface area contributed by atoms with Crippen LogP contribution in [-0.2, 0) is 12.8 Å². The van der Waals surface area contributed by atoms with Crippen molar-refractivity contribution < 1.29 is 4.79 Å². The number of guanidine groups is 1. The molecular formula is C22H34IN7OS. The second-order valence-corrected chi connectivity index (χ2v) is 8.44. The molecule has 2 heterocycles. The van der Waals surface area contributed by atoms with Crippen molar-refractivity contribution in [3.05, 3.63) is 41.2 Å². The van der Waals surface area contributed by atoms with Gasteiger partial charge in [0, 0.05) is 76.9 Å². The van der Waals surface area contributed by atoms with Crippen LogP contribution >= 0.6 is 35.5 Å². The summed E-state index contributed by atoms with van der Waals surface area (Å²) in [6.07, 6.45) is 1.67. The fourth-order valence-corrected chi connectivity index (χ4v) is 4.26. The average molecular weight is 572 g/mol. The minimum Gasteiger partial charge on any atom is -0.357 e. The molecule has 1 aliphatic rings. The fraction of sp³-hybridized carbons (Fsp3) is 0.545. The van der Waals surface area contributed by atoms with E-state index in [4.69, 9.17) is 4.99 Å². The molecule has 1 fully saturated rings. The zero-order chi connectivity index (χ0) is 22.2. The van der Waals surface area contributed by atoms with Crippen LogP contribution in [0.15, 0.2) is 29.3 Å². The lowest BCUT2D eigenvalue weighted by Crippen LogP contribution is -2.52. The van der Waals surface area contributed by atoms with Crippen LogP contribution in [-0.4, -0.2) is 84.4 Å². The van der Waals surface area contributed by atoms with Gasteiger partial charge in [-0.15, -0.1) is 24.0 Å². The number of aliphatic imine (C=N–C) groups is 1. The van der Waals surface area contributed by atoms with E-state index in [1.165, 1.54) is 11.5 Å². The molecule has 0 spiro atoms. The molecule has 1 aromatic carbocycles. The Labute approximate surface area is 212 Å². The maximum absolute atomic E-state index is 12.2. The summed E-state index contributed by atoms with van der Waals surface area (Å²) in [7, 11) is 3.55. The van der Waals surface area contributed by atoms with Crippen LogP contribution in [0.4, 0.5) is 5.13 Å². The van der Waals surface area contributed by atoms with Gasteiger partial charge in [-0.25, -0.2) is 4.98 Å². The number of anilines is 1. The lowest BCUT2D eigenvalue weighted by atomic mass is 10.1. The number of carbonyl (C=O) groups is 1. The maximum Gasteiger partial charge on any atom is 0.253 e. The highest BCUT2D eigenvalue weighted by Gasteiger charge is 2.22.